The molecule has 162 valence electrons. The van der Waals surface area contributed by atoms with Crippen LogP contribution in [0.4, 0.5) is 0 Å². The van der Waals surface area contributed by atoms with E-state index in [4.69, 9.17) is 21.1 Å². The number of halogens is 1. The zero-order chi connectivity index (χ0) is 21.6. The van der Waals surface area contributed by atoms with E-state index in [0.29, 0.717) is 11.5 Å². The minimum Gasteiger partial charge on any atom is -0.485 e. The Hall–Kier alpha value is -2.89. The first-order valence-electron chi connectivity index (χ1n) is 9.53. The van der Waals surface area contributed by atoms with Gasteiger partial charge in [-0.25, -0.2) is 13.0 Å². The van der Waals surface area contributed by atoms with Gasteiger partial charge in [-0.15, -0.1) is 0 Å². The van der Waals surface area contributed by atoms with Crippen LogP contribution >= 0.6 is 11.6 Å². The number of ether oxygens (including phenoxy) is 2. The van der Waals surface area contributed by atoms with Crippen molar-refractivity contribution < 1.29 is 27.3 Å². The van der Waals surface area contributed by atoms with Crippen LogP contribution in [0.3, 0.4) is 0 Å². The molecule has 0 saturated carbocycles. The lowest BCUT2D eigenvalue weighted by Gasteiger charge is -2.36. The second kappa shape index (κ2) is 7.66. The van der Waals surface area contributed by atoms with Crippen molar-refractivity contribution in [3.8, 4) is 11.5 Å². The second-order valence-electron chi connectivity index (χ2n) is 7.10. The monoisotopic (exact) mass is 464 g/mol. The van der Waals surface area contributed by atoms with E-state index in [0.717, 1.165) is 0 Å². The maximum atomic E-state index is 13.2. The van der Waals surface area contributed by atoms with E-state index in [1.807, 2.05) is 6.07 Å². The SMILES string of the molecule is O=C(C1COc2ccccc2O1)N1CCN(S(=O)(=O)c2ccc(Cl)c3nonc23)CC1. The molecule has 5 rings (SSSR count). The van der Waals surface area contributed by atoms with Gasteiger partial charge in [0.25, 0.3) is 5.91 Å². The number of hydrogen-bond acceptors (Lipinski definition) is 8. The van der Waals surface area contributed by atoms with E-state index >= 15 is 0 Å². The first kappa shape index (κ1) is 20.0. The Bertz CT molecular complexity index is 1260. The van der Waals surface area contributed by atoms with Crippen molar-refractivity contribution in [3.05, 3.63) is 41.4 Å². The van der Waals surface area contributed by atoms with Crippen LogP contribution in [-0.4, -0.2) is 72.7 Å². The van der Waals surface area contributed by atoms with Crippen LogP contribution in [0.2, 0.25) is 5.02 Å². The molecule has 1 aromatic heterocycles. The molecule has 1 amide bonds. The molecular formula is C19H17ClN4O6S. The number of nitrogens with zero attached hydrogens (tertiary/aromatic N) is 4. The number of fused-ring (bicyclic) bond motifs is 2. The number of aromatic nitrogens is 2. The molecule has 2 aromatic carbocycles. The van der Waals surface area contributed by atoms with Gasteiger partial charge in [0.1, 0.15) is 11.5 Å². The third-order valence-electron chi connectivity index (χ3n) is 5.28. The van der Waals surface area contributed by atoms with Crippen LogP contribution in [0.15, 0.2) is 45.9 Å². The summed E-state index contributed by atoms with van der Waals surface area (Å²) in [5.41, 5.74) is 0.267. The van der Waals surface area contributed by atoms with E-state index in [1.165, 1.54) is 16.4 Å². The van der Waals surface area contributed by atoms with Gasteiger partial charge in [-0.3, -0.25) is 4.79 Å². The largest absolute Gasteiger partial charge is 0.485 e. The van der Waals surface area contributed by atoms with Gasteiger partial charge in [-0.2, -0.15) is 4.31 Å². The summed E-state index contributed by atoms with van der Waals surface area (Å²) in [5.74, 6) is 0.876. The first-order chi connectivity index (χ1) is 14.9. The van der Waals surface area contributed by atoms with Crippen LogP contribution in [0.5, 0.6) is 11.5 Å². The lowest BCUT2D eigenvalue weighted by Crippen LogP contribution is -2.55. The zero-order valence-electron chi connectivity index (χ0n) is 16.1. The molecule has 0 aliphatic carbocycles. The summed E-state index contributed by atoms with van der Waals surface area (Å²) >= 11 is 6.03. The molecule has 0 radical (unpaired) electrons. The molecule has 1 atom stereocenters. The third-order valence-corrected chi connectivity index (χ3v) is 7.52. The number of amides is 1. The summed E-state index contributed by atoms with van der Waals surface area (Å²) in [7, 11) is -3.87. The highest BCUT2D eigenvalue weighted by molar-refractivity contribution is 7.89. The Kier molecular flexibility index (Phi) is 4.95. The fourth-order valence-electron chi connectivity index (χ4n) is 3.65. The fraction of sp³-hybridized carbons (Fsp3) is 0.316. The highest BCUT2D eigenvalue weighted by Gasteiger charge is 2.36. The summed E-state index contributed by atoms with van der Waals surface area (Å²) in [6.45, 7) is 0.832. The van der Waals surface area contributed by atoms with E-state index in [-0.39, 0.29) is 59.6 Å². The van der Waals surface area contributed by atoms with Crippen LogP contribution in [0, 0.1) is 0 Å². The van der Waals surface area contributed by atoms with Crippen molar-refractivity contribution in [1.29, 1.82) is 0 Å². The molecule has 0 spiro atoms. The molecule has 1 unspecified atom stereocenters. The molecule has 3 aromatic rings. The van der Waals surface area contributed by atoms with Crippen molar-refractivity contribution in [2.24, 2.45) is 0 Å². The van der Waals surface area contributed by atoms with Crippen molar-refractivity contribution in [3.63, 3.8) is 0 Å². The van der Waals surface area contributed by atoms with Crippen molar-refractivity contribution in [2.45, 2.75) is 11.0 Å². The third kappa shape index (κ3) is 3.48. The van der Waals surface area contributed by atoms with Crippen LogP contribution in [0.25, 0.3) is 11.0 Å². The van der Waals surface area contributed by atoms with E-state index in [1.54, 1.807) is 23.1 Å². The number of hydrogen-bond donors (Lipinski definition) is 0. The molecule has 2 aliphatic heterocycles. The van der Waals surface area contributed by atoms with Gasteiger partial charge in [0.2, 0.25) is 16.1 Å². The minimum absolute atomic E-state index is 0.0338. The highest BCUT2D eigenvalue weighted by atomic mass is 35.5. The molecule has 1 saturated heterocycles. The predicted molar refractivity (Wildman–Crippen MR) is 109 cm³/mol. The Morgan fingerprint density at radius 2 is 1.71 bits per heavy atom. The Morgan fingerprint density at radius 3 is 2.48 bits per heavy atom. The van der Waals surface area contributed by atoms with Gasteiger partial charge in [-0.1, -0.05) is 23.7 Å². The van der Waals surface area contributed by atoms with E-state index in [9.17, 15) is 13.2 Å². The summed E-state index contributed by atoms with van der Waals surface area (Å²) in [6.07, 6.45) is -0.768. The number of carbonyl (C=O) groups excluding carboxylic acids is 1. The second-order valence-corrected chi connectivity index (χ2v) is 9.41. The van der Waals surface area contributed by atoms with Gasteiger partial charge in [0, 0.05) is 26.2 Å². The van der Waals surface area contributed by atoms with Crippen molar-refractivity contribution in [1.82, 2.24) is 19.5 Å². The summed E-state index contributed by atoms with van der Waals surface area (Å²) in [5, 5.41) is 7.60. The number of benzene rings is 2. The molecule has 0 N–H and O–H groups in total. The average molecular weight is 465 g/mol. The van der Waals surface area contributed by atoms with Gasteiger partial charge >= 0.3 is 0 Å². The lowest BCUT2D eigenvalue weighted by molar-refractivity contribution is -0.142. The lowest BCUT2D eigenvalue weighted by atomic mass is 10.2. The fourth-order valence-corrected chi connectivity index (χ4v) is 5.38. The summed E-state index contributed by atoms with van der Waals surface area (Å²) < 4.78 is 43.7. The first-order valence-corrected chi connectivity index (χ1v) is 11.3. The number of carbonyl (C=O) groups is 1. The summed E-state index contributed by atoms with van der Waals surface area (Å²) in [6, 6.07) is 9.97. The van der Waals surface area contributed by atoms with Gasteiger partial charge < -0.3 is 14.4 Å². The molecule has 0 bridgehead atoms. The maximum absolute atomic E-state index is 13.2. The Morgan fingerprint density at radius 1 is 1.00 bits per heavy atom. The van der Waals surface area contributed by atoms with Gasteiger partial charge in [-0.05, 0) is 34.6 Å². The van der Waals surface area contributed by atoms with E-state index in [2.05, 4.69) is 14.9 Å². The topological polar surface area (TPSA) is 115 Å². The predicted octanol–water partition coefficient (Wildman–Crippen LogP) is 1.55. The van der Waals surface area contributed by atoms with Gasteiger partial charge in [0.05, 0.1) is 5.02 Å². The quantitative estimate of drug-likeness (QED) is 0.573. The molecule has 10 nitrogen and oxygen atoms in total. The summed E-state index contributed by atoms with van der Waals surface area (Å²) in [4.78, 5) is 14.4. The van der Waals surface area contributed by atoms with Crippen molar-refractivity contribution in [2.75, 3.05) is 32.8 Å². The number of rotatable bonds is 3. The highest BCUT2D eigenvalue weighted by Crippen LogP contribution is 2.32. The molecule has 2 aliphatic rings. The van der Waals surface area contributed by atoms with Crippen LogP contribution in [-0.2, 0) is 14.8 Å². The molecule has 12 heteroatoms. The number of sulfonamides is 1. The Labute approximate surface area is 182 Å². The van der Waals surface area contributed by atoms with E-state index < -0.39 is 16.1 Å². The van der Waals surface area contributed by atoms with Crippen LogP contribution in [0.1, 0.15) is 0 Å². The molecule has 31 heavy (non-hydrogen) atoms. The zero-order valence-corrected chi connectivity index (χ0v) is 17.7. The van der Waals surface area contributed by atoms with Crippen LogP contribution < -0.4 is 9.47 Å². The molecular weight excluding hydrogens is 448 g/mol. The maximum Gasteiger partial charge on any atom is 0.267 e. The minimum atomic E-state index is -3.87. The number of para-hydroxylation sites is 2. The number of piperazine rings is 1. The molecule has 3 heterocycles. The Balaban J connectivity index is 1.28. The van der Waals surface area contributed by atoms with Gasteiger partial charge in [0.15, 0.2) is 22.5 Å². The standard InChI is InChI=1S/C19H17ClN4O6S/c20-12-5-6-16(18-17(12)21-30-22-18)31(26,27)24-9-7-23(8-10-24)19(25)15-11-28-13-3-1-2-4-14(13)29-15/h1-6,15H,7-11H2. The van der Waals surface area contributed by atoms with Crippen molar-refractivity contribution >= 4 is 38.6 Å². The molecule has 1 fully saturated rings. The normalized spacial score (nSPS) is 19.5. The average Bonchev–Trinajstić information content (AvgIpc) is 3.29. The smallest absolute Gasteiger partial charge is 0.267 e.